The molecule has 0 spiro atoms. The van der Waals surface area contributed by atoms with Crippen LogP contribution in [0.4, 0.5) is 5.69 Å². The van der Waals surface area contributed by atoms with E-state index in [0.717, 1.165) is 0 Å². The first-order valence-corrected chi connectivity index (χ1v) is 5.91. The third-order valence-corrected chi connectivity index (χ3v) is 2.98. The molecule has 1 aromatic carbocycles. The molecule has 2 N–H and O–H groups in total. The predicted octanol–water partition coefficient (Wildman–Crippen LogP) is 1.14. The highest BCUT2D eigenvalue weighted by atomic mass is 32.1. The Morgan fingerprint density at radius 3 is 2.67 bits per heavy atom. The normalized spacial score (nSPS) is 18.9. The van der Waals surface area contributed by atoms with Crippen molar-refractivity contribution < 1.29 is 14.7 Å². The summed E-state index contributed by atoms with van der Waals surface area (Å²) in [5.74, 6) is -1.12. The minimum atomic E-state index is -0.923. The molecule has 0 aliphatic carbocycles. The van der Waals surface area contributed by atoms with Gasteiger partial charge in [0.05, 0.1) is 5.69 Å². The number of aliphatic carboxylic acids is 1. The Kier molecular flexibility index (Phi) is 3.57. The Hall–Kier alpha value is -1.95. The number of rotatable bonds is 4. The molecule has 1 atom stereocenters. The maximum atomic E-state index is 12.1. The van der Waals surface area contributed by atoms with E-state index in [2.05, 4.69) is 5.32 Å². The average molecular weight is 264 g/mol. The zero-order valence-electron chi connectivity index (χ0n) is 9.50. The molecule has 2 rings (SSSR count). The summed E-state index contributed by atoms with van der Waals surface area (Å²) in [6.45, 7) is 0. The fraction of sp³-hybridized carbons (Fsp3) is 0.250. The first-order chi connectivity index (χ1) is 8.59. The standard InChI is InChI=1S/C12H12N2O3S/c15-10(16)7-6-9-11(17)14(12(18)13-9)8-4-2-1-3-5-8/h1-5,9H,6-7H2,(H,13,18)(H,15,16). The summed E-state index contributed by atoms with van der Waals surface area (Å²) < 4.78 is 0. The van der Waals surface area contributed by atoms with Crippen molar-refractivity contribution in [3.05, 3.63) is 30.3 Å². The number of para-hydroxylation sites is 1. The van der Waals surface area contributed by atoms with Crippen LogP contribution in [0.15, 0.2) is 30.3 Å². The lowest BCUT2D eigenvalue weighted by Gasteiger charge is -2.14. The number of hydrogen-bond acceptors (Lipinski definition) is 3. The van der Waals surface area contributed by atoms with E-state index in [1.807, 2.05) is 18.2 Å². The Labute approximate surface area is 109 Å². The molecular formula is C12H12N2O3S. The highest BCUT2D eigenvalue weighted by Gasteiger charge is 2.36. The first kappa shape index (κ1) is 12.5. The lowest BCUT2D eigenvalue weighted by molar-refractivity contribution is -0.137. The molecule has 1 unspecified atom stereocenters. The van der Waals surface area contributed by atoms with Gasteiger partial charge in [0.2, 0.25) is 0 Å². The van der Waals surface area contributed by atoms with Crippen molar-refractivity contribution in [3.63, 3.8) is 0 Å². The van der Waals surface area contributed by atoms with Crippen molar-refractivity contribution in [3.8, 4) is 0 Å². The van der Waals surface area contributed by atoms with Crippen LogP contribution < -0.4 is 10.2 Å². The Morgan fingerprint density at radius 2 is 2.06 bits per heavy atom. The number of benzene rings is 1. The smallest absolute Gasteiger partial charge is 0.303 e. The minimum absolute atomic E-state index is 0.0609. The van der Waals surface area contributed by atoms with Crippen LogP contribution in [0.5, 0.6) is 0 Å². The van der Waals surface area contributed by atoms with Crippen molar-refractivity contribution in [2.24, 2.45) is 0 Å². The SMILES string of the molecule is O=C(O)CCC1NC(=S)N(c2ccccc2)C1=O. The Morgan fingerprint density at radius 1 is 1.39 bits per heavy atom. The van der Waals surface area contributed by atoms with E-state index < -0.39 is 12.0 Å². The van der Waals surface area contributed by atoms with Crippen LogP contribution in [0.3, 0.4) is 0 Å². The number of hydrogen-bond donors (Lipinski definition) is 2. The molecule has 1 amide bonds. The largest absolute Gasteiger partial charge is 0.481 e. The van der Waals surface area contributed by atoms with Crippen LogP contribution in [0, 0.1) is 0 Å². The molecule has 0 saturated carbocycles. The number of carbonyl (C=O) groups excluding carboxylic acids is 1. The lowest BCUT2D eigenvalue weighted by Crippen LogP contribution is -2.31. The molecule has 5 nitrogen and oxygen atoms in total. The van der Waals surface area contributed by atoms with Crippen molar-refractivity contribution in [1.82, 2.24) is 5.32 Å². The van der Waals surface area contributed by atoms with Gasteiger partial charge in [-0.25, -0.2) is 0 Å². The van der Waals surface area contributed by atoms with E-state index in [0.29, 0.717) is 10.8 Å². The van der Waals surface area contributed by atoms with Gasteiger partial charge >= 0.3 is 5.97 Å². The van der Waals surface area contributed by atoms with Crippen LogP contribution >= 0.6 is 12.2 Å². The lowest BCUT2D eigenvalue weighted by atomic mass is 10.1. The number of nitrogens with one attached hydrogen (secondary N) is 1. The van der Waals surface area contributed by atoms with E-state index in [1.54, 1.807) is 12.1 Å². The predicted molar refractivity (Wildman–Crippen MR) is 70.3 cm³/mol. The van der Waals surface area contributed by atoms with Gasteiger partial charge in [-0.2, -0.15) is 0 Å². The number of carboxylic acid groups (broad SMARTS) is 1. The number of carboxylic acids is 1. The fourth-order valence-electron chi connectivity index (χ4n) is 1.82. The highest BCUT2D eigenvalue weighted by Crippen LogP contribution is 2.20. The van der Waals surface area contributed by atoms with Crippen molar-refractivity contribution in [2.45, 2.75) is 18.9 Å². The van der Waals surface area contributed by atoms with Gasteiger partial charge in [0, 0.05) is 6.42 Å². The van der Waals surface area contributed by atoms with Gasteiger partial charge in [-0.3, -0.25) is 14.5 Å². The van der Waals surface area contributed by atoms with Crippen LogP contribution in [0.25, 0.3) is 0 Å². The molecule has 1 saturated heterocycles. The summed E-state index contributed by atoms with van der Waals surface area (Å²) in [6, 6.07) is 8.50. The molecule has 1 aliphatic heterocycles. The highest BCUT2D eigenvalue weighted by molar-refractivity contribution is 7.80. The molecule has 1 fully saturated rings. The number of carbonyl (C=O) groups is 2. The van der Waals surface area contributed by atoms with Crippen molar-refractivity contribution in [1.29, 1.82) is 0 Å². The molecule has 1 aliphatic rings. The van der Waals surface area contributed by atoms with E-state index in [4.69, 9.17) is 17.3 Å². The van der Waals surface area contributed by atoms with E-state index >= 15 is 0 Å². The maximum absolute atomic E-state index is 12.1. The maximum Gasteiger partial charge on any atom is 0.303 e. The number of nitrogens with zero attached hydrogens (tertiary/aromatic N) is 1. The van der Waals surface area contributed by atoms with Crippen LogP contribution in [-0.2, 0) is 9.59 Å². The molecule has 1 heterocycles. The third-order valence-electron chi connectivity index (χ3n) is 2.68. The van der Waals surface area contributed by atoms with Gasteiger partial charge in [0.25, 0.3) is 5.91 Å². The number of thiocarbonyl (C=S) groups is 1. The van der Waals surface area contributed by atoms with E-state index in [9.17, 15) is 9.59 Å². The molecule has 0 radical (unpaired) electrons. The molecule has 18 heavy (non-hydrogen) atoms. The van der Waals surface area contributed by atoms with Gasteiger partial charge in [-0.15, -0.1) is 0 Å². The summed E-state index contributed by atoms with van der Waals surface area (Å²) in [5, 5.41) is 11.8. The zero-order valence-corrected chi connectivity index (χ0v) is 10.3. The van der Waals surface area contributed by atoms with Crippen molar-refractivity contribution >= 4 is 34.9 Å². The molecular weight excluding hydrogens is 252 g/mol. The summed E-state index contributed by atoms with van der Waals surface area (Å²) in [4.78, 5) is 24.0. The summed E-state index contributed by atoms with van der Waals surface area (Å²) in [7, 11) is 0. The summed E-state index contributed by atoms with van der Waals surface area (Å²) >= 11 is 5.10. The van der Waals surface area contributed by atoms with Crippen LogP contribution in [0.2, 0.25) is 0 Å². The van der Waals surface area contributed by atoms with Gasteiger partial charge < -0.3 is 10.4 Å². The molecule has 0 bridgehead atoms. The second kappa shape index (κ2) is 5.14. The average Bonchev–Trinajstić information content (AvgIpc) is 2.63. The quantitative estimate of drug-likeness (QED) is 0.798. The second-order valence-electron chi connectivity index (χ2n) is 3.94. The monoisotopic (exact) mass is 264 g/mol. The second-order valence-corrected chi connectivity index (χ2v) is 4.33. The molecule has 1 aromatic rings. The van der Waals surface area contributed by atoms with Crippen LogP contribution in [0.1, 0.15) is 12.8 Å². The molecule has 94 valence electrons. The van der Waals surface area contributed by atoms with Gasteiger partial charge in [-0.05, 0) is 30.8 Å². The zero-order chi connectivity index (χ0) is 13.1. The summed E-state index contributed by atoms with van der Waals surface area (Å²) in [5.41, 5.74) is 0.692. The van der Waals surface area contributed by atoms with Crippen molar-refractivity contribution in [2.75, 3.05) is 4.90 Å². The van der Waals surface area contributed by atoms with Gasteiger partial charge in [0.1, 0.15) is 6.04 Å². The Balaban J connectivity index is 2.12. The topological polar surface area (TPSA) is 69.6 Å². The van der Waals surface area contributed by atoms with E-state index in [-0.39, 0.29) is 18.7 Å². The van der Waals surface area contributed by atoms with Crippen LogP contribution in [-0.4, -0.2) is 28.1 Å². The first-order valence-electron chi connectivity index (χ1n) is 5.51. The third kappa shape index (κ3) is 2.48. The summed E-state index contributed by atoms with van der Waals surface area (Å²) in [6.07, 6.45) is 0.173. The van der Waals surface area contributed by atoms with Gasteiger partial charge in [-0.1, -0.05) is 18.2 Å². The minimum Gasteiger partial charge on any atom is -0.481 e. The molecule has 0 aromatic heterocycles. The number of anilines is 1. The number of amides is 1. The Bertz CT molecular complexity index is 489. The van der Waals surface area contributed by atoms with Gasteiger partial charge in [0.15, 0.2) is 5.11 Å². The fourth-order valence-corrected chi connectivity index (χ4v) is 2.15. The molecule has 6 heteroatoms. The van der Waals surface area contributed by atoms with E-state index in [1.165, 1.54) is 4.90 Å².